The van der Waals surface area contributed by atoms with Crippen LogP contribution >= 0.6 is 0 Å². The minimum atomic E-state index is -0.677. The molecule has 2 aliphatic rings. The quantitative estimate of drug-likeness (QED) is 0.498. The summed E-state index contributed by atoms with van der Waals surface area (Å²) in [5, 5.41) is 1.14. The van der Waals surface area contributed by atoms with Crippen LogP contribution in [0.15, 0.2) is 42.5 Å². The summed E-state index contributed by atoms with van der Waals surface area (Å²) < 4.78 is 22.9. The number of aryl methyl sites for hydroxylation is 1. The minimum Gasteiger partial charge on any atom is -0.495 e. The van der Waals surface area contributed by atoms with Gasteiger partial charge in [-0.3, -0.25) is 4.98 Å². The van der Waals surface area contributed by atoms with Crippen molar-refractivity contribution in [1.82, 2.24) is 9.88 Å². The number of likely N-dealkylation sites (tertiary alicyclic amines) is 1. The number of benzene rings is 1. The fourth-order valence-electron chi connectivity index (χ4n) is 4.93. The Balaban J connectivity index is 1.45. The first-order valence-corrected chi connectivity index (χ1v) is 12.5. The number of aromatic nitrogens is 1. The second kappa shape index (κ2) is 9.96. The Kier molecular flexibility index (Phi) is 7.15. The average molecular weight is 483 g/mol. The molecule has 1 aromatic carbocycles. The summed E-state index contributed by atoms with van der Waals surface area (Å²) in [6.45, 7) is 10.8. The smallest absolute Gasteiger partial charge is 0.410 e. The molecule has 0 bridgehead atoms. The van der Waals surface area contributed by atoms with Gasteiger partial charge in [0.15, 0.2) is 0 Å². The van der Waals surface area contributed by atoms with Crippen LogP contribution < -0.4 is 4.74 Å². The Morgan fingerprint density at radius 1 is 1.29 bits per heavy atom. The molecule has 4 rings (SSSR count). The first-order chi connectivity index (χ1) is 16.5. The lowest BCUT2D eigenvalue weighted by Crippen LogP contribution is -2.46. The van der Waals surface area contributed by atoms with Crippen LogP contribution in [-0.4, -0.2) is 47.6 Å². The van der Waals surface area contributed by atoms with E-state index in [-0.39, 0.29) is 12.0 Å². The normalized spacial score (nSPS) is 21.8. The maximum Gasteiger partial charge on any atom is 0.410 e. The number of piperidine rings is 1. The highest BCUT2D eigenvalue weighted by atomic mass is 16.7. The molecule has 35 heavy (non-hydrogen) atoms. The number of amides is 1. The van der Waals surface area contributed by atoms with E-state index in [4.69, 9.17) is 18.9 Å². The maximum atomic E-state index is 12.8. The van der Waals surface area contributed by atoms with Crippen molar-refractivity contribution in [3.63, 3.8) is 0 Å². The summed E-state index contributed by atoms with van der Waals surface area (Å²) in [5.74, 6) is 1.38. The van der Waals surface area contributed by atoms with Gasteiger partial charge in [-0.1, -0.05) is 12.1 Å². The molecule has 7 nitrogen and oxygen atoms in total. The van der Waals surface area contributed by atoms with Gasteiger partial charge < -0.3 is 23.8 Å². The van der Waals surface area contributed by atoms with Crippen molar-refractivity contribution in [3.8, 4) is 5.75 Å². The van der Waals surface area contributed by atoms with Gasteiger partial charge in [-0.2, -0.15) is 0 Å². The molecule has 0 unspecified atom stereocenters. The fraction of sp³-hybridized carbons (Fsp3) is 0.571. The molecule has 1 aromatic heterocycles. The van der Waals surface area contributed by atoms with Crippen molar-refractivity contribution >= 4 is 17.0 Å². The zero-order valence-corrected chi connectivity index (χ0v) is 21.8. The molecule has 1 fully saturated rings. The van der Waals surface area contributed by atoms with Crippen LogP contribution in [0.3, 0.4) is 0 Å². The molecule has 190 valence electrons. The SMILES string of the molecule is COc1cnc2cccc(CCC[C@@H]3CCN(C(=O)OC(C)(C)C)C[C@@H]3C3=COC(C)(C)O3)c2c1. The van der Waals surface area contributed by atoms with E-state index >= 15 is 0 Å². The molecule has 2 aliphatic heterocycles. The van der Waals surface area contributed by atoms with Crippen LogP contribution in [0.4, 0.5) is 4.79 Å². The van der Waals surface area contributed by atoms with Crippen LogP contribution in [0, 0.1) is 11.8 Å². The highest BCUT2D eigenvalue weighted by Crippen LogP contribution is 2.39. The lowest BCUT2D eigenvalue weighted by Gasteiger charge is -2.39. The number of hydrogen-bond donors (Lipinski definition) is 0. The summed E-state index contributed by atoms with van der Waals surface area (Å²) in [5.41, 5.74) is 1.74. The number of methoxy groups -OCH3 is 1. The van der Waals surface area contributed by atoms with Crippen molar-refractivity contribution in [1.29, 1.82) is 0 Å². The topological polar surface area (TPSA) is 70.1 Å². The van der Waals surface area contributed by atoms with Gasteiger partial charge >= 0.3 is 6.09 Å². The third kappa shape index (κ3) is 6.19. The highest BCUT2D eigenvalue weighted by Gasteiger charge is 2.40. The first-order valence-electron chi connectivity index (χ1n) is 12.5. The average Bonchev–Trinajstić information content (AvgIpc) is 3.17. The first kappa shape index (κ1) is 25.1. The van der Waals surface area contributed by atoms with Gasteiger partial charge in [-0.15, -0.1) is 0 Å². The fourth-order valence-corrected chi connectivity index (χ4v) is 4.93. The molecule has 2 aromatic rings. The molecule has 7 heteroatoms. The van der Waals surface area contributed by atoms with Crippen molar-refractivity contribution in [3.05, 3.63) is 48.0 Å². The lowest BCUT2D eigenvalue weighted by molar-refractivity contribution is -0.124. The molecule has 3 heterocycles. The zero-order valence-electron chi connectivity index (χ0n) is 21.8. The van der Waals surface area contributed by atoms with Crippen LogP contribution in [-0.2, 0) is 20.6 Å². The van der Waals surface area contributed by atoms with E-state index in [0.29, 0.717) is 19.0 Å². The number of carbonyl (C=O) groups excluding carboxylic acids is 1. The Hall–Kier alpha value is -2.96. The molecule has 0 aliphatic carbocycles. The minimum absolute atomic E-state index is 0.0762. The number of rotatable bonds is 6. The predicted octanol–water partition coefficient (Wildman–Crippen LogP) is 6.06. The van der Waals surface area contributed by atoms with Crippen LogP contribution in [0.5, 0.6) is 5.75 Å². The third-order valence-corrected chi connectivity index (χ3v) is 6.64. The summed E-state index contributed by atoms with van der Waals surface area (Å²) in [4.78, 5) is 19.1. The third-order valence-electron chi connectivity index (χ3n) is 6.64. The standard InChI is InChI=1S/C28H38N2O5/c1-27(2,3)35-26(31)30-14-13-20(23(17-30)25-18-33-28(4,5)34-25)10-7-9-19-11-8-12-24-22(19)15-21(32-6)16-29-24/h8,11-12,15-16,18,20,23H,7,9-10,13-14,17H2,1-6H3/t20-,23+/m1/s1. The molecular formula is C28H38N2O5. The van der Waals surface area contributed by atoms with E-state index < -0.39 is 11.4 Å². The van der Waals surface area contributed by atoms with Gasteiger partial charge in [0.1, 0.15) is 23.4 Å². The van der Waals surface area contributed by atoms with Gasteiger partial charge in [-0.05, 0) is 70.1 Å². The van der Waals surface area contributed by atoms with Crippen molar-refractivity contribution in [2.75, 3.05) is 20.2 Å². The van der Waals surface area contributed by atoms with Gasteiger partial charge in [0.25, 0.3) is 0 Å². The summed E-state index contributed by atoms with van der Waals surface area (Å²) in [6.07, 6.45) is 7.14. The van der Waals surface area contributed by atoms with Gasteiger partial charge in [-0.25, -0.2) is 4.79 Å². The van der Waals surface area contributed by atoms with E-state index in [1.807, 2.05) is 45.6 Å². The Labute approximate surface area is 208 Å². The summed E-state index contributed by atoms with van der Waals surface area (Å²) in [6, 6.07) is 8.34. The van der Waals surface area contributed by atoms with Crippen molar-refractivity contribution in [2.45, 2.75) is 71.7 Å². The molecular weight excluding hydrogens is 444 g/mol. The van der Waals surface area contributed by atoms with E-state index in [1.54, 1.807) is 19.6 Å². The molecule has 1 amide bonds. The number of carbonyl (C=O) groups is 1. The van der Waals surface area contributed by atoms with E-state index in [0.717, 1.165) is 48.1 Å². The van der Waals surface area contributed by atoms with Crippen LogP contribution in [0.1, 0.15) is 59.4 Å². The van der Waals surface area contributed by atoms with Crippen molar-refractivity contribution in [2.24, 2.45) is 11.8 Å². The molecule has 0 radical (unpaired) electrons. The summed E-state index contributed by atoms with van der Waals surface area (Å²) in [7, 11) is 1.67. The Morgan fingerprint density at radius 3 is 2.77 bits per heavy atom. The number of ether oxygens (including phenoxy) is 4. The predicted molar refractivity (Wildman–Crippen MR) is 135 cm³/mol. The Morgan fingerprint density at radius 2 is 2.09 bits per heavy atom. The molecule has 0 N–H and O–H groups in total. The number of hydrogen-bond acceptors (Lipinski definition) is 6. The highest BCUT2D eigenvalue weighted by molar-refractivity contribution is 5.83. The zero-order chi connectivity index (χ0) is 25.2. The van der Waals surface area contributed by atoms with Crippen LogP contribution in [0.2, 0.25) is 0 Å². The maximum absolute atomic E-state index is 12.8. The van der Waals surface area contributed by atoms with E-state index in [2.05, 4.69) is 23.2 Å². The molecule has 2 atom stereocenters. The number of nitrogens with zero attached hydrogens (tertiary/aromatic N) is 2. The van der Waals surface area contributed by atoms with E-state index in [9.17, 15) is 4.79 Å². The second-order valence-electron chi connectivity index (χ2n) is 11.0. The van der Waals surface area contributed by atoms with Gasteiger partial charge in [0, 0.05) is 38.2 Å². The van der Waals surface area contributed by atoms with Crippen LogP contribution in [0.25, 0.3) is 10.9 Å². The van der Waals surface area contributed by atoms with Gasteiger partial charge in [0.2, 0.25) is 5.79 Å². The molecule has 1 saturated heterocycles. The number of pyridine rings is 1. The molecule has 0 saturated carbocycles. The number of fused-ring (bicyclic) bond motifs is 1. The van der Waals surface area contributed by atoms with Crippen molar-refractivity contribution < 1.29 is 23.7 Å². The summed E-state index contributed by atoms with van der Waals surface area (Å²) >= 11 is 0. The molecule has 0 spiro atoms. The lowest BCUT2D eigenvalue weighted by atomic mass is 9.80. The van der Waals surface area contributed by atoms with Gasteiger partial charge in [0.05, 0.1) is 18.8 Å². The van der Waals surface area contributed by atoms with E-state index in [1.165, 1.54) is 5.56 Å². The monoisotopic (exact) mass is 482 g/mol. The second-order valence-corrected chi connectivity index (χ2v) is 11.0. The Bertz CT molecular complexity index is 1090. The largest absolute Gasteiger partial charge is 0.495 e.